The number of aromatic nitrogens is 2. The van der Waals surface area contributed by atoms with Crippen LogP contribution in [-0.2, 0) is 6.54 Å². The van der Waals surface area contributed by atoms with E-state index in [-0.39, 0.29) is 0 Å². The van der Waals surface area contributed by atoms with Gasteiger partial charge in [-0.3, -0.25) is 9.97 Å². The summed E-state index contributed by atoms with van der Waals surface area (Å²) in [4.78, 5) is 8.70. The minimum absolute atomic E-state index is 0.787. The van der Waals surface area contributed by atoms with Crippen molar-refractivity contribution in [2.45, 2.75) is 20.4 Å². The second kappa shape index (κ2) is 5.29. The standard InChI is InChI=1S/C17H17N3/c1-12-7-16(11-18-9-12)19-10-14-4-6-17-15(8-14)5-3-13(2)20-17/h3-9,11,19H,10H2,1-2H3. The summed E-state index contributed by atoms with van der Waals surface area (Å²) < 4.78 is 0. The fourth-order valence-corrected chi connectivity index (χ4v) is 2.24. The molecule has 100 valence electrons. The molecule has 3 nitrogen and oxygen atoms in total. The summed E-state index contributed by atoms with van der Waals surface area (Å²) >= 11 is 0. The molecule has 2 aromatic heterocycles. The molecule has 0 radical (unpaired) electrons. The van der Waals surface area contributed by atoms with Gasteiger partial charge in [0.25, 0.3) is 0 Å². The highest BCUT2D eigenvalue weighted by molar-refractivity contribution is 5.79. The van der Waals surface area contributed by atoms with Crippen LogP contribution in [0.2, 0.25) is 0 Å². The summed E-state index contributed by atoms with van der Waals surface area (Å²) in [7, 11) is 0. The molecular weight excluding hydrogens is 246 g/mol. The third-order valence-corrected chi connectivity index (χ3v) is 3.26. The Labute approximate surface area is 118 Å². The van der Waals surface area contributed by atoms with Crippen molar-refractivity contribution < 1.29 is 0 Å². The van der Waals surface area contributed by atoms with Crippen LogP contribution < -0.4 is 5.32 Å². The number of fused-ring (bicyclic) bond motifs is 1. The molecule has 0 atom stereocenters. The molecule has 0 saturated carbocycles. The highest BCUT2D eigenvalue weighted by Crippen LogP contribution is 2.16. The average molecular weight is 263 g/mol. The molecule has 3 aromatic rings. The first-order valence-corrected chi connectivity index (χ1v) is 6.72. The van der Waals surface area contributed by atoms with Gasteiger partial charge in [0.2, 0.25) is 0 Å². The summed E-state index contributed by atoms with van der Waals surface area (Å²) in [6.45, 7) is 4.84. The van der Waals surface area contributed by atoms with Gasteiger partial charge in [-0.1, -0.05) is 12.1 Å². The Morgan fingerprint density at radius 2 is 1.90 bits per heavy atom. The largest absolute Gasteiger partial charge is 0.380 e. The van der Waals surface area contributed by atoms with Crippen LogP contribution in [0.25, 0.3) is 10.9 Å². The lowest BCUT2D eigenvalue weighted by molar-refractivity contribution is 1.13. The van der Waals surface area contributed by atoms with Crippen molar-refractivity contribution in [2.24, 2.45) is 0 Å². The van der Waals surface area contributed by atoms with Crippen molar-refractivity contribution in [1.29, 1.82) is 0 Å². The highest BCUT2D eigenvalue weighted by atomic mass is 14.9. The van der Waals surface area contributed by atoms with Gasteiger partial charge >= 0.3 is 0 Å². The van der Waals surface area contributed by atoms with Crippen molar-refractivity contribution in [3.05, 3.63) is 65.6 Å². The van der Waals surface area contributed by atoms with E-state index in [1.807, 2.05) is 32.3 Å². The molecule has 2 heterocycles. The summed E-state index contributed by atoms with van der Waals surface area (Å²) in [5, 5.41) is 4.57. The van der Waals surface area contributed by atoms with Gasteiger partial charge in [-0.05, 0) is 49.2 Å². The molecule has 0 fully saturated rings. The van der Waals surface area contributed by atoms with Crippen LogP contribution in [0.1, 0.15) is 16.8 Å². The normalized spacial score (nSPS) is 10.7. The summed E-state index contributed by atoms with van der Waals surface area (Å²) in [5.74, 6) is 0. The van der Waals surface area contributed by atoms with Crippen LogP contribution in [0.5, 0.6) is 0 Å². The number of hydrogen-bond acceptors (Lipinski definition) is 3. The molecule has 1 aromatic carbocycles. The SMILES string of the molecule is Cc1cncc(NCc2ccc3nc(C)ccc3c2)c1. The third kappa shape index (κ3) is 2.77. The van der Waals surface area contributed by atoms with E-state index >= 15 is 0 Å². The lowest BCUT2D eigenvalue weighted by Gasteiger charge is -2.08. The Morgan fingerprint density at radius 3 is 2.75 bits per heavy atom. The monoisotopic (exact) mass is 263 g/mol. The van der Waals surface area contributed by atoms with Crippen LogP contribution in [0.3, 0.4) is 0 Å². The maximum Gasteiger partial charge on any atom is 0.0705 e. The van der Waals surface area contributed by atoms with E-state index in [1.165, 1.54) is 10.9 Å². The maximum absolute atomic E-state index is 4.52. The molecule has 3 rings (SSSR count). The van der Waals surface area contributed by atoms with Crippen LogP contribution in [0.15, 0.2) is 48.8 Å². The third-order valence-electron chi connectivity index (χ3n) is 3.26. The molecule has 0 spiro atoms. The van der Waals surface area contributed by atoms with E-state index in [0.717, 1.165) is 29.0 Å². The van der Waals surface area contributed by atoms with E-state index in [9.17, 15) is 0 Å². The number of anilines is 1. The molecule has 20 heavy (non-hydrogen) atoms. The molecule has 0 amide bonds. The second-order valence-electron chi connectivity index (χ2n) is 5.08. The fraction of sp³-hybridized carbons (Fsp3) is 0.176. The van der Waals surface area contributed by atoms with Crippen molar-refractivity contribution in [2.75, 3.05) is 5.32 Å². The first-order chi connectivity index (χ1) is 9.70. The molecule has 0 unspecified atom stereocenters. The average Bonchev–Trinajstić information content (AvgIpc) is 2.45. The number of pyridine rings is 2. The second-order valence-corrected chi connectivity index (χ2v) is 5.08. The van der Waals surface area contributed by atoms with E-state index in [2.05, 4.69) is 45.6 Å². The number of hydrogen-bond donors (Lipinski definition) is 1. The fourth-order valence-electron chi connectivity index (χ4n) is 2.24. The Kier molecular flexibility index (Phi) is 3.33. The number of nitrogens with zero attached hydrogens (tertiary/aromatic N) is 2. The quantitative estimate of drug-likeness (QED) is 0.779. The molecular formula is C17H17N3. The Morgan fingerprint density at radius 1 is 1.00 bits per heavy atom. The van der Waals surface area contributed by atoms with E-state index in [1.54, 1.807) is 0 Å². The van der Waals surface area contributed by atoms with Gasteiger partial charge in [-0.25, -0.2) is 0 Å². The number of rotatable bonds is 3. The first-order valence-electron chi connectivity index (χ1n) is 6.72. The van der Waals surface area contributed by atoms with Crippen LogP contribution in [-0.4, -0.2) is 9.97 Å². The van der Waals surface area contributed by atoms with Crippen LogP contribution >= 0.6 is 0 Å². The predicted molar refractivity (Wildman–Crippen MR) is 82.8 cm³/mol. The lowest BCUT2D eigenvalue weighted by atomic mass is 10.1. The zero-order valence-electron chi connectivity index (χ0n) is 11.7. The van der Waals surface area contributed by atoms with Crippen LogP contribution in [0, 0.1) is 13.8 Å². The van der Waals surface area contributed by atoms with Gasteiger partial charge in [0.15, 0.2) is 0 Å². The topological polar surface area (TPSA) is 37.8 Å². The van der Waals surface area contributed by atoms with E-state index in [4.69, 9.17) is 0 Å². The van der Waals surface area contributed by atoms with E-state index in [0.29, 0.717) is 0 Å². The molecule has 0 bridgehead atoms. The minimum Gasteiger partial charge on any atom is -0.380 e. The van der Waals surface area contributed by atoms with Gasteiger partial charge < -0.3 is 5.32 Å². The molecule has 0 aliphatic rings. The molecule has 0 saturated heterocycles. The zero-order chi connectivity index (χ0) is 13.9. The lowest BCUT2D eigenvalue weighted by Crippen LogP contribution is -2.00. The number of nitrogens with one attached hydrogen (secondary N) is 1. The number of benzene rings is 1. The first kappa shape index (κ1) is 12.6. The highest BCUT2D eigenvalue weighted by Gasteiger charge is 1.99. The Bertz CT molecular complexity index is 750. The zero-order valence-corrected chi connectivity index (χ0v) is 11.7. The van der Waals surface area contributed by atoms with Gasteiger partial charge in [0.05, 0.1) is 11.2 Å². The van der Waals surface area contributed by atoms with Gasteiger partial charge in [0.1, 0.15) is 0 Å². The summed E-state index contributed by atoms with van der Waals surface area (Å²) in [6, 6.07) is 12.6. The summed E-state index contributed by atoms with van der Waals surface area (Å²) in [5.41, 5.74) is 5.55. The minimum atomic E-state index is 0.787. The molecule has 1 N–H and O–H groups in total. The molecule has 0 aliphatic heterocycles. The van der Waals surface area contributed by atoms with Crippen molar-refractivity contribution >= 4 is 16.6 Å². The van der Waals surface area contributed by atoms with Crippen LogP contribution in [0.4, 0.5) is 5.69 Å². The van der Waals surface area contributed by atoms with Gasteiger partial charge in [0, 0.05) is 30.0 Å². The molecule has 0 aliphatic carbocycles. The molecule has 3 heteroatoms. The van der Waals surface area contributed by atoms with Crippen molar-refractivity contribution in [1.82, 2.24) is 9.97 Å². The summed E-state index contributed by atoms with van der Waals surface area (Å²) in [6.07, 6.45) is 3.70. The Hall–Kier alpha value is -2.42. The Balaban J connectivity index is 1.79. The van der Waals surface area contributed by atoms with Gasteiger partial charge in [-0.15, -0.1) is 0 Å². The predicted octanol–water partition coefficient (Wildman–Crippen LogP) is 3.86. The van der Waals surface area contributed by atoms with Crippen molar-refractivity contribution in [3.8, 4) is 0 Å². The number of aryl methyl sites for hydroxylation is 2. The smallest absolute Gasteiger partial charge is 0.0705 e. The van der Waals surface area contributed by atoms with Crippen molar-refractivity contribution in [3.63, 3.8) is 0 Å². The maximum atomic E-state index is 4.52. The van der Waals surface area contributed by atoms with Gasteiger partial charge in [-0.2, -0.15) is 0 Å². The van der Waals surface area contributed by atoms with E-state index < -0.39 is 0 Å².